The van der Waals surface area contributed by atoms with Crippen LogP contribution in [0.4, 0.5) is 0 Å². The Kier molecular flexibility index (Phi) is 3.27. The molecule has 0 aliphatic carbocycles. The zero-order valence-corrected chi connectivity index (χ0v) is 9.88. The average molecular weight is 245 g/mol. The van der Waals surface area contributed by atoms with E-state index >= 15 is 0 Å². The van der Waals surface area contributed by atoms with Gasteiger partial charge >= 0.3 is 0 Å². The van der Waals surface area contributed by atoms with E-state index < -0.39 is 10.0 Å². The molecule has 0 unspecified atom stereocenters. The molecule has 1 atom stereocenters. The lowest BCUT2D eigenvalue weighted by molar-refractivity contribution is 0.392. The van der Waals surface area contributed by atoms with Crippen molar-refractivity contribution in [2.24, 2.45) is 0 Å². The van der Waals surface area contributed by atoms with Gasteiger partial charge in [0.1, 0.15) is 17.2 Å². The maximum absolute atomic E-state index is 11.7. The van der Waals surface area contributed by atoms with Gasteiger partial charge in [0.25, 0.3) is 0 Å². The van der Waals surface area contributed by atoms with Crippen LogP contribution in [0.3, 0.4) is 0 Å². The van der Waals surface area contributed by atoms with Crippen LogP contribution < -0.4 is 10.0 Å². The molecule has 1 saturated heterocycles. The second-order valence-corrected chi connectivity index (χ2v) is 5.75. The molecule has 1 aromatic heterocycles. The summed E-state index contributed by atoms with van der Waals surface area (Å²) in [4.78, 5) is 0. The molecule has 2 heterocycles. The molecule has 16 heavy (non-hydrogen) atoms. The summed E-state index contributed by atoms with van der Waals surface area (Å²) in [5.74, 6) is 0.494. The number of nitrogens with one attached hydrogen (secondary N) is 2. The summed E-state index contributed by atoms with van der Waals surface area (Å²) in [6, 6.07) is 1.63. The van der Waals surface area contributed by atoms with Crippen molar-refractivity contribution >= 4 is 10.0 Å². The highest BCUT2D eigenvalue weighted by atomic mass is 32.2. The minimum atomic E-state index is -3.32. The Morgan fingerprint density at radius 1 is 1.69 bits per heavy atom. The van der Waals surface area contributed by atoms with Crippen LogP contribution in [-0.2, 0) is 15.8 Å². The first kappa shape index (κ1) is 11.6. The molecule has 1 aliphatic heterocycles. The first-order valence-corrected chi connectivity index (χ1v) is 6.83. The Morgan fingerprint density at radius 3 is 3.06 bits per heavy atom. The van der Waals surface area contributed by atoms with Crippen LogP contribution in [0.2, 0.25) is 0 Å². The maximum atomic E-state index is 11.7. The second-order valence-electron chi connectivity index (χ2n) is 4.00. The van der Waals surface area contributed by atoms with E-state index in [0.29, 0.717) is 18.0 Å². The first-order chi connectivity index (χ1) is 7.55. The lowest BCUT2D eigenvalue weighted by atomic mass is 10.3. The van der Waals surface area contributed by atoms with Crippen molar-refractivity contribution in [1.29, 1.82) is 0 Å². The number of aromatic nitrogens is 1. The fraction of sp³-hybridized carbons (Fsp3) is 0.667. The van der Waals surface area contributed by atoms with Crippen molar-refractivity contribution in [3.63, 3.8) is 0 Å². The molecule has 1 fully saturated rings. The van der Waals surface area contributed by atoms with E-state index in [0.717, 1.165) is 13.0 Å². The molecule has 1 aliphatic rings. The highest BCUT2D eigenvalue weighted by Crippen LogP contribution is 2.07. The normalized spacial score (nSPS) is 21.4. The smallest absolute Gasteiger partial charge is 0.217 e. The van der Waals surface area contributed by atoms with Crippen LogP contribution in [0.1, 0.15) is 17.9 Å². The van der Waals surface area contributed by atoms with Crippen LogP contribution >= 0.6 is 0 Å². The van der Waals surface area contributed by atoms with Crippen molar-refractivity contribution in [1.82, 2.24) is 15.2 Å². The molecule has 90 valence electrons. The van der Waals surface area contributed by atoms with Gasteiger partial charge in [0.2, 0.25) is 10.0 Å². The van der Waals surface area contributed by atoms with Gasteiger partial charge in [-0.3, -0.25) is 0 Å². The molecular weight excluding hydrogens is 230 g/mol. The van der Waals surface area contributed by atoms with E-state index in [1.165, 1.54) is 0 Å². The fourth-order valence-electron chi connectivity index (χ4n) is 1.73. The standard InChI is InChI=1S/C9H15N3O3S/c1-7-4-9(11-15-7)6-16(13,14)12-8-2-3-10-5-8/h4,8,10,12H,2-3,5-6H2,1H3/t8-/m1/s1. The van der Waals surface area contributed by atoms with Gasteiger partial charge in [-0.15, -0.1) is 0 Å². The second kappa shape index (κ2) is 4.52. The van der Waals surface area contributed by atoms with Crippen molar-refractivity contribution in [3.8, 4) is 0 Å². The molecule has 2 rings (SSSR count). The summed E-state index contributed by atoms with van der Waals surface area (Å²) < 4.78 is 31.0. The summed E-state index contributed by atoms with van der Waals surface area (Å²) in [5.41, 5.74) is 0.441. The summed E-state index contributed by atoms with van der Waals surface area (Å²) in [6.45, 7) is 3.28. The van der Waals surface area contributed by atoms with Crippen LogP contribution in [0, 0.1) is 6.92 Å². The van der Waals surface area contributed by atoms with Crippen LogP contribution in [0.5, 0.6) is 0 Å². The van der Waals surface area contributed by atoms with E-state index in [-0.39, 0.29) is 11.8 Å². The van der Waals surface area contributed by atoms with Gasteiger partial charge in [-0.25, -0.2) is 13.1 Å². The van der Waals surface area contributed by atoms with Crippen LogP contribution in [0.15, 0.2) is 10.6 Å². The molecule has 0 saturated carbocycles. The molecule has 0 bridgehead atoms. The third-order valence-corrected chi connectivity index (χ3v) is 3.79. The van der Waals surface area contributed by atoms with Gasteiger partial charge < -0.3 is 9.84 Å². The van der Waals surface area contributed by atoms with Gasteiger partial charge in [-0.2, -0.15) is 0 Å². The van der Waals surface area contributed by atoms with E-state index in [4.69, 9.17) is 4.52 Å². The molecule has 0 amide bonds. The van der Waals surface area contributed by atoms with Gasteiger partial charge in [-0.05, 0) is 19.9 Å². The fourth-order valence-corrected chi connectivity index (χ4v) is 3.05. The molecular formula is C9H15N3O3S. The molecule has 7 heteroatoms. The Morgan fingerprint density at radius 2 is 2.50 bits per heavy atom. The summed E-state index contributed by atoms with van der Waals surface area (Å²) in [7, 11) is -3.32. The molecule has 0 radical (unpaired) electrons. The van der Waals surface area contributed by atoms with Gasteiger partial charge in [0, 0.05) is 18.7 Å². The van der Waals surface area contributed by atoms with Gasteiger partial charge in [0.15, 0.2) is 0 Å². The predicted octanol–water partition coefficient (Wildman–Crippen LogP) is -0.236. The quantitative estimate of drug-likeness (QED) is 0.765. The Balaban J connectivity index is 1.96. The van der Waals surface area contributed by atoms with E-state index in [1.807, 2.05) is 0 Å². The van der Waals surface area contributed by atoms with Gasteiger partial charge in [0.05, 0.1) is 0 Å². The molecule has 6 nitrogen and oxygen atoms in total. The zero-order chi connectivity index (χ0) is 11.6. The summed E-state index contributed by atoms with van der Waals surface area (Å²) in [5, 5.41) is 6.77. The number of aryl methyl sites for hydroxylation is 1. The number of hydrogen-bond acceptors (Lipinski definition) is 5. The Bertz CT molecular complexity index is 448. The lowest BCUT2D eigenvalue weighted by Crippen LogP contribution is -2.36. The van der Waals surface area contributed by atoms with Gasteiger partial charge in [-0.1, -0.05) is 5.16 Å². The van der Waals surface area contributed by atoms with E-state index in [9.17, 15) is 8.42 Å². The minimum Gasteiger partial charge on any atom is -0.361 e. The lowest BCUT2D eigenvalue weighted by Gasteiger charge is -2.10. The maximum Gasteiger partial charge on any atom is 0.217 e. The first-order valence-electron chi connectivity index (χ1n) is 5.18. The molecule has 1 aromatic rings. The average Bonchev–Trinajstić information content (AvgIpc) is 2.76. The van der Waals surface area contributed by atoms with Crippen molar-refractivity contribution in [3.05, 3.63) is 17.5 Å². The largest absolute Gasteiger partial charge is 0.361 e. The minimum absolute atomic E-state index is 0.00185. The number of hydrogen-bond donors (Lipinski definition) is 2. The van der Waals surface area contributed by atoms with Crippen molar-refractivity contribution < 1.29 is 12.9 Å². The third kappa shape index (κ3) is 3.03. The topological polar surface area (TPSA) is 84.2 Å². The number of nitrogens with zero attached hydrogens (tertiary/aromatic N) is 1. The predicted molar refractivity (Wildman–Crippen MR) is 58.3 cm³/mol. The van der Waals surface area contributed by atoms with Crippen LogP contribution in [0.25, 0.3) is 0 Å². The van der Waals surface area contributed by atoms with E-state index in [1.54, 1.807) is 13.0 Å². The Hall–Kier alpha value is -0.920. The molecule has 0 spiro atoms. The monoisotopic (exact) mass is 245 g/mol. The summed E-state index contributed by atoms with van der Waals surface area (Å²) >= 11 is 0. The van der Waals surface area contributed by atoms with Crippen LogP contribution in [-0.4, -0.2) is 32.7 Å². The highest BCUT2D eigenvalue weighted by Gasteiger charge is 2.22. The zero-order valence-electron chi connectivity index (χ0n) is 9.06. The molecule has 0 aromatic carbocycles. The SMILES string of the molecule is Cc1cc(CS(=O)(=O)N[C@@H]2CCNC2)no1. The molecule has 2 N–H and O–H groups in total. The number of sulfonamides is 1. The number of rotatable bonds is 4. The van der Waals surface area contributed by atoms with E-state index in [2.05, 4.69) is 15.2 Å². The Labute approximate surface area is 94.4 Å². The highest BCUT2D eigenvalue weighted by molar-refractivity contribution is 7.88. The summed E-state index contributed by atoms with van der Waals surface area (Å²) in [6.07, 6.45) is 0.830. The van der Waals surface area contributed by atoms with Crippen molar-refractivity contribution in [2.75, 3.05) is 13.1 Å². The third-order valence-electron chi connectivity index (χ3n) is 2.42. The van der Waals surface area contributed by atoms with Crippen molar-refractivity contribution in [2.45, 2.75) is 25.1 Å².